The van der Waals surface area contributed by atoms with Crippen molar-refractivity contribution in [3.63, 3.8) is 0 Å². The van der Waals surface area contributed by atoms with Crippen molar-refractivity contribution in [3.8, 4) is 0 Å². The molecule has 1 aromatic carbocycles. The highest BCUT2D eigenvalue weighted by Crippen LogP contribution is 2.10. The summed E-state index contributed by atoms with van der Waals surface area (Å²) in [6, 6.07) is 8.81. The Morgan fingerprint density at radius 1 is 1.20 bits per heavy atom. The van der Waals surface area contributed by atoms with E-state index in [0.29, 0.717) is 5.56 Å². The number of halogens is 1. The molecule has 0 aliphatic rings. The Bertz CT molecular complexity index is 615. The van der Waals surface area contributed by atoms with Crippen LogP contribution in [0.25, 0.3) is 6.08 Å². The van der Waals surface area contributed by atoms with Crippen LogP contribution < -0.4 is 0 Å². The molecule has 0 spiro atoms. The molecule has 0 radical (unpaired) electrons. The predicted octanol–water partition coefficient (Wildman–Crippen LogP) is 3.33. The van der Waals surface area contributed by atoms with Gasteiger partial charge in [0.15, 0.2) is 12.4 Å². The molecule has 3 nitrogen and oxygen atoms in total. The van der Waals surface area contributed by atoms with Gasteiger partial charge >= 0.3 is 5.97 Å². The molecule has 0 saturated carbocycles. The van der Waals surface area contributed by atoms with Crippen molar-refractivity contribution in [2.45, 2.75) is 0 Å². The van der Waals surface area contributed by atoms with Gasteiger partial charge in [0.05, 0.1) is 0 Å². The molecule has 2 rings (SSSR count). The molecule has 5 heteroatoms. The third kappa shape index (κ3) is 4.13. The minimum Gasteiger partial charge on any atom is -0.454 e. The van der Waals surface area contributed by atoms with Crippen LogP contribution in [-0.2, 0) is 9.53 Å². The van der Waals surface area contributed by atoms with Crippen molar-refractivity contribution in [2.75, 3.05) is 6.61 Å². The van der Waals surface area contributed by atoms with Gasteiger partial charge in [-0.1, -0.05) is 6.07 Å². The Morgan fingerprint density at radius 3 is 2.60 bits per heavy atom. The van der Waals surface area contributed by atoms with E-state index >= 15 is 0 Å². The van der Waals surface area contributed by atoms with Gasteiger partial charge in [0.25, 0.3) is 0 Å². The van der Waals surface area contributed by atoms with E-state index in [-0.39, 0.29) is 12.4 Å². The Balaban J connectivity index is 1.84. The van der Waals surface area contributed by atoms with Gasteiger partial charge in [0.1, 0.15) is 5.82 Å². The lowest BCUT2D eigenvalue weighted by molar-refractivity contribution is -0.136. The van der Waals surface area contributed by atoms with Crippen molar-refractivity contribution in [3.05, 3.63) is 64.1 Å². The van der Waals surface area contributed by atoms with Gasteiger partial charge in [-0.3, -0.25) is 4.79 Å². The van der Waals surface area contributed by atoms with Crippen LogP contribution in [0.3, 0.4) is 0 Å². The summed E-state index contributed by atoms with van der Waals surface area (Å²) in [6.07, 6.45) is 2.89. The number of ether oxygens (including phenoxy) is 1. The zero-order chi connectivity index (χ0) is 14.4. The average Bonchev–Trinajstić information content (AvgIpc) is 2.96. The average molecular weight is 290 g/mol. The highest BCUT2D eigenvalue weighted by atomic mass is 32.1. The molecule has 0 N–H and O–H groups in total. The van der Waals surface area contributed by atoms with Crippen molar-refractivity contribution in [2.24, 2.45) is 0 Å². The number of hydrogen-bond acceptors (Lipinski definition) is 4. The fourth-order valence-electron chi connectivity index (χ4n) is 1.44. The minimum absolute atomic E-state index is 0.307. The standard InChI is InChI=1S/C15H11FO3S/c16-12-5-3-11(4-6-12)14(17)10-19-15(18)8-7-13-2-1-9-20-13/h1-9H,10H2/b8-7+. The summed E-state index contributed by atoms with van der Waals surface area (Å²) < 4.78 is 17.5. The van der Waals surface area contributed by atoms with Crippen LogP contribution in [0.2, 0.25) is 0 Å². The fourth-order valence-corrected chi connectivity index (χ4v) is 2.06. The summed E-state index contributed by atoms with van der Waals surface area (Å²) in [7, 11) is 0. The van der Waals surface area contributed by atoms with E-state index in [1.54, 1.807) is 6.08 Å². The van der Waals surface area contributed by atoms with E-state index in [0.717, 1.165) is 4.88 Å². The summed E-state index contributed by atoms with van der Waals surface area (Å²) in [6.45, 7) is -0.362. The SMILES string of the molecule is O=C(/C=C/c1cccs1)OCC(=O)c1ccc(F)cc1. The summed E-state index contributed by atoms with van der Waals surface area (Å²) >= 11 is 1.49. The van der Waals surface area contributed by atoms with Crippen LogP contribution >= 0.6 is 11.3 Å². The van der Waals surface area contributed by atoms with E-state index in [4.69, 9.17) is 4.74 Å². The molecule has 0 unspecified atom stereocenters. The smallest absolute Gasteiger partial charge is 0.331 e. The number of Topliss-reactive ketones (excluding diaryl/α,β-unsaturated/α-hetero) is 1. The zero-order valence-corrected chi connectivity index (χ0v) is 11.2. The number of esters is 1. The normalized spacial score (nSPS) is 10.7. The van der Waals surface area contributed by atoms with Gasteiger partial charge < -0.3 is 4.74 Å². The molecule has 1 aromatic heterocycles. The van der Waals surface area contributed by atoms with Gasteiger partial charge in [0, 0.05) is 16.5 Å². The first kappa shape index (κ1) is 14.1. The summed E-state index contributed by atoms with van der Waals surface area (Å²) in [4.78, 5) is 24.0. The number of benzene rings is 1. The monoisotopic (exact) mass is 290 g/mol. The first-order valence-electron chi connectivity index (χ1n) is 5.82. The van der Waals surface area contributed by atoms with Crippen LogP contribution in [0.5, 0.6) is 0 Å². The summed E-state index contributed by atoms with van der Waals surface area (Å²) in [5.74, 6) is -1.38. The van der Waals surface area contributed by atoms with Gasteiger partial charge in [-0.05, 0) is 41.8 Å². The molecule has 1 heterocycles. The topological polar surface area (TPSA) is 43.4 Å². The first-order chi connectivity index (χ1) is 9.65. The fraction of sp³-hybridized carbons (Fsp3) is 0.0667. The largest absolute Gasteiger partial charge is 0.454 e. The highest BCUT2D eigenvalue weighted by Gasteiger charge is 2.08. The maximum absolute atomic E-state index is 12.7. The van der Waals surface area contributed by atoms with Crippen molar-refractivity contribution in [1.29, 1.82) is 0 Å². The van der Waals surface area contributed by atoms with E-state index in [1.165, 1.54) is 41.7 Å². The maximum Gasteiger partial charge on any atom is 0.331 e. The molecule has 0 bridgehead atoms. The lowest BCUT2D eigenvalue weighted by atomic mass is 10.1. The van der Waals surface area contributed by atoms with Crippen LogP contribution in [0.1, 0.15) is 15.2 Å². The molecule has 0 aliphatic carbocycles. The molecule has 0 atom stereocenters. The quantitative estimate of drug-likeness (QED) is 0.482. The molecule has 20 heavy (non-hydrogen) atoms. The van der Waals surface area contributed by atoms with Gasteiger partial charge in [-0.15, -0.1) is 11.3 Å². The molecule has 102 valence electrons. The second-order valence-corrected chi connectivity index (χ2v) is 4.87. The molecular formula is C15H11FO3S. The van der Waals surface area contributed by atoms with E-state index in [1.807, 2.05) is 17.5 Å². The van der Waals surface area contributed by atoms with Gasteiger partial charge in [0.2, 0.25) is 0 Å². The van der Waals surface area contributed by atoms with Crippen molar-refractivity contribution < 1.29 is 18.7 Å². The Hall–Kier alpha value is -2.27. The number of carbonyl (C=O) groups is 2. The lowest BCUT2D eigenvalue weighted by Gasteiger charge is -2.01. The number of thiophene rings is 1. The lowest BCUT2D eigenvalue weighted by Crippen LogP contribution is -2.12. The van der Waals surface area contributed by atoms with Gasteiger partial charge in [-0.25, -0.2) is 9.18 Å². The predicted molar refractivity (Wildman–Crippen MR) is 75.0 cm³/mol. The third-order valence-electron chi connectivity index (χ3n) is 2.44. The molecule has 0 aliphatic heterocycles. The molecular weight excluding hydrogens is 279 g/mol. The highest BCUT2D eigenvalue weighted by molar-refractivity contribution is 7.10. The number of ketones is 1. The van der Waals surface area contributed by atoms with Crippen LogP contribution in [0.4, 0.5) is 4.39 Å². The van der Waals surface area contributed by atoms with Crippen molar-refractivity contribution >= 4 is 29.2 Å². The molecule has 0 amide bonds. The number of rotatable bonds is 5. The number of hydrogen-bond donors (Lipinski definition) is 0. The molecule has 2 aromatic rings. The Kier molecular flexibility index (Phi) is 4.79. The Morgan fingerprint density at radius 2 is 1.95 bits per heavy atom. The molecule has 0 saturated heterocycles. The van der Waals surface area contributed by atoms with Gasteiger partial charge in [-0.2, -0.15) is 0 Å². The van der Waals surface area contributed by atoms with E-state index < -0.39 is 11.8 Å². The van der Waals surface area contributed by atoms with Crippen molar-refractivity contribution in [1.82, 2.24) is 0 Å². The second kappa shape index (κ2) is 6.77. The Labute approximate surface area is 119 Å². The zero-order valence-electron chi connectivity index (χ0n) is 10.4. The van der Waals surface area contributed by atoms with E-state index in [9.17, 15) is 14.0 Å². The van der Waals surface area contributed by atoms with Crippen LogP contribution in [0.15, 0.2) is 47.9 Å². The van der Waals surface area contributed by atoms with Crippen LogP contribution in [-0.4, -0.2) is 18.4 Å². The molecule has 0 fully saturated rings. The third-order valence-corrected chi connectivity index (χ3v) is 3.28. The summed E-state index contributed by atoms with van der Waals surface area (Å²) in [5.41, 5.74) is 0.307. The first-order valence-corrected chi connectivity index (χ1v) is 6.70. The maximum atomic E-state index is 12.7. The van der Waals surface area contributed by atoms with E-state index in [2.05, 4.69) is 0 Å². The van der Waals surface area contributed by atoms with Crippen LogP contribution in [0, 0.1) is 5.82 Å². The second-order valence-electron chi connectivity index (χ2n) is 3.89. The number of carbonyl (C=O) groups excluding carboxylic acids is 2. The summed E-state index contributed by atoms with van der Waals surface area (Å²) in [5, 5.41) is 1.89. The minimum atomic E-state index is -0.589.